The van der Waals surface area contributed by atoms with Gasteiger partial charge in [0.2, 0.25) is 0 Å². The molecule has 0 atom stereocenters. The van der Waals surface area contributed by atoms with Crippen molar-refractivity contribution in [2.24, 2.45) is 5.73 Å². The number of hydrogen-bond donors (Lipinski definition) is 5. The van der Waals surface area contributed by atoms with Crippen LogP contribution in [-0.2, 0) is 10.8 Å². The normalized spacial score (nSPS) is 11.7. The largest absolute Gasteiger partial charge is 0.478 e. The van der Waals surface area contributed by atoms with Crippen LogP contribution in [0.2, 0.25) is 0 Å². The molecule has 8 aromatic rings. The van der Waals surface area contributed by atoms with E-state index in [2.05, 4.69) is 45.6 Å². The molecule has 1 amide bonds. The summed E-state index contributed by atoms with van der Waals surface area (Å²) in [6.07, 6.45) is -4.70. The van der Waals surface area contributed by atoms with Crippen LogP contribution in [0.4, 0.5) is 35.1 Å². The van der Waals surface area contributed by atoms with E-state index in [0.29, 0.717) is 73.1 Å². The number of nitrogens with one attached hydrogen (secondary N) is 3. The third-order valence-electron chi connectivity index (χ3n) is 10.4. The monoisotopic (exact) mass is 1050 g/mol. The Morgan fingerprint density at radius 1 is 0.589 bits per heavy atom. The lowest BCUT2D eigenvalue weighted by atomic mass is 9.92. The molecule has 0 fully saturated rings. The highest BCUT2D eigenvalue weighted by Gasteiger charge is 2.41. The number of nitrogens with two attached hydrogens (primary N) is 1. The van der Waals surface area contributed by atoms with Crippen molar-refractivity contribution in [2.45, 2.75) is 50.9 Å². The van der Waals surface area contributed by atoms with Gasteiger partial charge in [-0.05, 0) is 84.9 Å². The first-order valence-corrected chi connectivity index (χ1v) is 22.8. The van der Waals surface area contributed by atoms with Crippen LogP contribution in [0, 0.1) is 11.6 Å². The molecule has 0 spiro atoms. The second-order valence-corrected chi connectivity index (χ2v) is 19.1. The summed E-state index contributed by atoms with van der Waals surface area (Å²) < 4.78 is 101. The topological polar surface area (TPSA) is 235 Å². The van der Waals surface area contributed by atoms with Gasteiger partial charge in [0.15, 0.2) is 11.6 Å². The predicted octanol–water partition coefficient (Wildman–Crippen LogP) is 10.3. The van der Waals surface area contributed by atoms with Gasteiger partial charge in [-0.3, -0.25) is 34.5 Å². The fourth-order valence-corrected chi connectivity index (χ4v) is 7.96. The fourth-order valence-electron chi connectivity index (χ4n) is 6.07. The Bertz CT molecular complexity index is 3240. The Morgan fingerprint density at radius 2 is 1.00 bits per heavy atom. The number of aromatic amines is 2. The maximum absolute atomic E-state index is 13.2. The van der Waals surface area contributed by atoms with E-state index in [-0.39, 0.29) is 34.7 Å². The number of ketones is 2. The molecule has 2 aromatic carbocycles. The molecule has 0 aliphatic carbocycles. The third-order valence-corrected chi connectivity index (χ3v) is 12.7. The SMILES string of the molecule is CC(C)(CN)c1nc(-c2ccc(F)cc2)n[nH]1.CC(C)(CNC(=O)c1cncc(-c2ccc(C(=O)C(F)(F)F)s2)c1)c1nc(-c2ccc(F)cc2)n[nH]1.O=C(O)c1cncc(-c2ccc(C(=O)C(F)(F)F)s2)c1. The number of aromatic carboxylic acids is 1. The van der Waals surface area contributed by atoms with Gasteiger partial charge in [0.1, 0.15) is 23.3 Å². The van der Waals surface area contributed by atoms with Gasteiger partial charge in [0.25, 0.3) is 17.5 Å². The van der Waals surface area contributed by atoms with Crippen molar-refractivity contribution >= 4 is 46.1 Å². The molecule has 6 aromatic heterocycles. The molecule has 0 aliphatic heterocycles. The number of Topliss-reactive ketones (excluding diaryl/α,β-unsaturated/α-hetero) is 2. The lowest BCUT2D eigenvalue weighted by Gasteiger charge is -2.22. The quantitative estimate of drug-likeness (QED) is 0.0536. The minimum Gasteiger partial charge on any atom is -0.478 e. The summed E-state index contributed by atoms with van der Waals surface area (Å²) >= 11 is 1.31. The van der Waals surface area contributed by atoms with Gasteiger partial charge in [0, 0.05) is 80.7 Å². The fraction of sp³-hybridized carbons (Fsp3) is 0.208. The van der Waals surface area contributed by atoms with E-state index in [0.717, 1.165) is 29.7 Å². The number of rotatable bonds is 13. The van der Waals surface area contributed by atoms with Gasteiger partial charge >= 0.3 is 18.3 Å². The van der Waals surface area contributed by atoms with E-state index in [1.807, 2.05) is 27.7 Å². The Morgan fingerprint density at radius 3 is 1.41 bits per heavy atom. The number of H-pyrrole nitrogens is 2. The molecule has 0 bridgehead atoms. The number of aromatic nitrogens is 8. The Hall–Kier alpha value is -7.90. The summed E-state index contributed by atoms with van der Waals surface area (Å²) in [6.45, 7) is 8.33. The number of pyridine rings is 2. The van der Waals surface area contributed by atoms with E-state index < -0.39 is 51.0 Å². The summed E-state index contributed by atoms with van der Waals surface area (Å²) in [7, 11) is 0. The Balaban J connectivity index is 0.000000197. The Labute approximate surface area is 417 Å². The first-order chi connectivity index (χ1) is 34.2. The summed E-state index contributed by atoms with van der Waals surface area (Å²) in [6, 6.07) is 19.5. The maximum Gasteiger partial charge on any atom is 0.455 e. The number of carbonyl (C=O) groups excluding carboxylic acids is 3. The van der Waals surface area contributed by atoms with Crippen LogP contribution < -0.4 is 11.1 Å². The van der Waals surface area contributed by atoms with Crippen LogP contribution in [0.3, 0.4) is 0 Å². The molecule has 0 saturated heterocycles. The second-order valence-electron chi connectivity index (χ2n) is 16.9. The first-order valence-electron chi connectivity index (χ1n) is 21.2. The zero-order valence-electron chi connectivity index (χ0n) is 38.5. The number of amides is 1. The van der Waals surface area contributed by atoms with Crippen molar-refractivity contribution in [3.63, 3.8) is 0 Å². The molecule has 0 unspecified atom stereocenters. The molecular formula is C48H40F8N10O5S2. The van der Waals surface area contributed by atoms with Crippen LogP contribution in [-0.4, -0.2) is 94.3 Å². The third kappa shape index (κ3) is 14.0. The zero-order valence-corrected chi connectivity index (χ0v) is 40.1. The average molecular weight is 1050 g/mol. The summed E-state index contributed by atoms with van der Waals surface area (Å²) in [5.41, 5.74) is 7.06. The highest BCUT2D eigenvalue weighted by Crippen LogP contribution is 2.34. The van der Waals surface area contributed by atoms with Crippen LogP contribution in [0.15, 0.2) is 110 Å². The predicted molar refractivity (Wildman–Crippen MR) is 254 cm³/mol. The van der Waals surface area contributed by atoms with Crippen molar-refractivity contribution in [2.75, 3.05) is 13.1 Å². The van der Waals surface area contributed by atoms with Crippen molar-refractivity contribution < 1.29 is 59.4 Å². The number of thiophene rings is 2. The van der Waals surface area contributed by atoms with Crippen molar-refractivity contribution in [3.05, 3.63) is 154 Å². The van der Waals surface area contributed by atoms with Crippen molar-refractivity contribution in [1.29, 1.82) is 0 Å². The number of carboxylic acids is 1. The van der Waals surface area contributed by atoms with Gasteiger partial charge in [-0.25, -0.2) is 23.5 Å². The molecule has 6 N–H and O–H groups in total. The number of nitrogens with zero attached hydrogens (tertiary/aromatic N) is 6. The number of carbonyl (C=O) groups is 4. The number of hydrogen-bond acceptors (Lipinski definition) is 13. The van der Waals surface area contributed by atoms with Gasteiger partial charge < -0.3 is 16.2 Å². The number of carboxylic acid groups (broad SMARTS) is 1. The number of benzene rings is 2. The van der Waals surface area contributed by atoms with E-state index in [1.54, 1.807) is 24.3 Å². The number of alkyl halides is 6. The lowest BCUT2D eigenvalue weighted by Crippen LogP contribution is -2.37. The maximum atomic E-state index is 13.2. The van der Waals surface area contributed by atoms with E-state index >= 15 is 0 Å². The molecule has 25 heteroatoms. The van der Waals surface area contributed by atoms with Crippen LogP contribution in [0.25, 0.3) is 43.7 Å². The summed E-state index contributed by atoms with van der Waals surface area (Å²) in [4.78, 5) is 62.5. The molecule has 15 nitrogen and oxygen atoms in total. The number of halogens is 8. The molecule has 6 heterocycles. The van der Waals surface area contributed by atoms with Gasteiger partial charge in [0.05, 0.1) is 20.9 Å². The van der Waals surface area contributed by atoms with Gasteiger partial charge in [-0.1, -0.05) is 27.7 Å². The lowest BCUT2D eigenvalue weighted by molar-refractivity contribution is -0.0885. The van der Waals surface area contributed by atoms with Gasteiger partial charge in [-0.15, -0.1) is 22.7 Å². The highest BCUT2D eigenvalue weighted by atomic mass is 32.1. The van der Waals surface area contributed by atoms with Crippen LogP contribution in [0.5, 0.6) is 0 Å². The minimum atomic E-state index is -4.96. The smallest absolute Gasteiger partial charge is 0.455 e. The van der Waals surface area contributed by atoms with Crippen LogP contribution in [0.1, 0.15) is 79.4 Å². The van der Waals surface area contributed by atoms with Crippen molar-refractivity contribution in [3.8, 4) is 43.7 Å². The van der Waals surface area contributed by atoms with Crippen molar-refractivity contribution in [1.82, 2.24) is 45.6 Å². The molecule has 0 saturated carbocycles. The molecular weight excluding hydrogens is 1010 g/mol. The minimum absolute atomic E-state index is 0.0837. The molecule has 0 radical (unpaired) electrons. The van der Waals surface area contributed by atoms with E-state index in [9.17, 15) is 54.3 Å². The second kappa shape index (κ2) is 22.3. The molecule has 73 heavy (non-hydrogen) atoms. The summed E-state index contributed by atoms with van der Waals surface area (Å²) in [5.74, 6) is -3.93. The zero-order chi connectivity index (χ0) is 53.5. The molecule has 8 rings (SSSR count). The van der Waals surface area contributed by atoms with E-state index in [4.69, 9.17) is 10.8 Å². The average Bonchev–Trinajstić information content (AvgIpc) is 4.22. The highest BCUT2D eigenvalue weighted by molar-refractivity contribution is 7.17. The molecule has 0 aliphatic rings. The van der Waals surface area contributed by atoms with Gasteiger partial charge in [-0.2, -0.15) is 36.5 Å². The Kier molecular flexibility index (Phi) is 16.6. The first kappa shape index (κ1) is 54.4. The molecule has 380 valence electrons. The van der Waals surface area contributed by atoms with Crippen LogP contribution >= 0.6 is 22.7 Å². The summed E-state index contributed by atoms with van der Waals surface area (Å²) in [5, 5.41) is 25.6. The standard InChI is InChI=1S/C24H19F4N5O2S.C12H6F3NO3S.C12H15FN4/c1-23(2,22-31-20(32-33-22)13-3-5-16(25)6-4-13)12-30-21(35)15-9-14(10-29-11-15)17-7-8-18(36-17)19(34)24(26,27)28;13-12(14,15)10(17)9-2-1-8(20-9)6-3-7(11(18)19)5-16-4-6;1-12(2,7-14)11-15-10(16-17-11)8-3-5-9(13)6-4-8/h3-11H,12H2,1-2H3,(H,30,35)(H,31,32,33);1-5H,(H,18,19);3-6H,7,14H2,1-2H3,(H,15,16,17). The van der Waals surface area contributed by atoms with E-state index in [1.165, 1.54) is 67.1 Å².